The summed E-state index contributed by atoms with van der Waals surface area (Å²) in [7, 11) is 0. The van der Waals surface area contributed by atoms with Gasteiger partial charge in [0.2, 0.25) is 0 Å². The molecule has 1 unspecified atom stereocenters. The van der Waals surface area contributed by atoms with Crippen LogP contribution in [0.1, 0.15) is 45.7 Å². The number of nitrogens with one attached hydrogen (secondary N) is 1. The van der Waals surface area contributed by atoms with Gasteiger partial charge in [-0.3, -0.25) is 0 Å². The van der Waals surface area contributed by atoms with E-state index in [1.54, 1.807) is 0 Å². The first-order chi connectivity index (χ1) is 8.44. The molecule has 1 N–H and O–H groups in total. The van der Waals surface area contributed by atoms with Crippen LogP contribution in [0.25, 0.3) is 0 Å². The van der Waals surface area contributed by atoms with Crippen molar-refractivity contribution in [1.82, 2.24) is 5.32 Å². The van der Waals surface area contributed by atoms with E-state index in [0.29, 0.717) is 6.61 Å². The fourth-order valence-corrected chi connectivity index (χ4v) is 1.94. The third kappa shape index (κ3) is 5.38. The topological polar surface area (TPSA) is 21.3 Å². The predicted octanol–water partition coefficient (Wildman–Crippen LogP) is 4.20. The second kappa shape index (κ2) is 7.13. The summed E-state index contributed by atoms with van der Waals surface area (Å²) in [4.78, 5) is 0. The van der Waals surface area contributed by atoms with Crippen LogP contribution in [0.15, 0.2) is 24.3 Å². The Morgan fingerprint density at radius 2 is 1.94 bits per heavy atom. The lowest BCUT2D eigenvalue weighted by Gasteiger charge is -2.26. The molecule has 0 fully saturated rings. The van der Waals surface area contributed by atoms with Crippen molar-refractivity contribution in [2.75, 3.05) is 13.2 Å². The molecule has 0 spiro atoms. The van der Waals surface area contributed by atoms with Gasteiger partial charge in [0.1, 0.15) is 0 Å². The number of ether oxygens (including phenoxy) is 1. The van der Waals surface area contributed by atoms with E-state index in [1.807, 2.05) is 18.2 Å². The van der Waals surface area contributed by atoms with Crippen LogP contribution in [0.2, 0.25) is 5.02 Å². The van der Waals surface area contributed by atoms with Gasteiger partial charge in [-0.25, -0.2) is 0 Å². The van der Waals surface area contributed by atoms with Gasteiger partial charge in [-0.1, -0.05) is 36.7 Å². The summed E-state index contributed by atoms with van der Waals surface area (Å²) in [5.74, 6) is 0. The average molecular weight is 270 g/mol. The lowest BCUT2D eigenvalue weighted by Crippen LogP contribution is -2.31. The third-order valence-electron chi connectivity index (χ3n) is 2.60. The van der Waals surface area contributed by atoms with Crippen LogP contribution in [-0.2, 0) is 4.74 Å². The van der Waals surface area contributed by atoms with Crippen LogP contribution >= 0.6 is 11.6 Å². The second-order valence-electron chi connectivity index (χ2n) is 5.45. The smallest absolute Gasteiger partial charge is 0.0669 e. The number of hydrogen-bond donors (Lipinski definition) is 1. The summed E-state index contributed by atoms with van der Waals surface area (Å²) in [5, 5.41) is 4.28. The number of halogens is 1. The Labute approximate surface area is 116 Å². The van der Waals surface area contributed by atoms with Gasteiger partial charge in [-0.15, -0.1) is 0 Å². The van der Waals surface area contributed by atoms with Gasteiger partial charge in [0.15, 0.2) is 0 Å². The Bertz CT molecular complexity index is 360. The summed E-state index contributed by atoms with van der Waals surface area (Å²) in [6, 6.07) is 8.10. The fraction of sp³-hybridized carbons (Fsp3) is 0.600. The molecule has 0 saturated heterocycles. The number of hydrogen-bond acceptors (Lipinski definition) is 2. The van der Waals surface area contributed by atoms with E-state index in [1.165, 1.54) is 0 Å². The third-order valence-corrected chi connectivity index (χ3v) is 2.95. The largest absolute Gasteiger partial charge is 0.374 e. The SMILES string of the molecule is CCCNC(COC(C)(C)C)c1ccccc1Cl. The minimum Gasteiger partial charge on any atom is -0.374 e. The van der Waals surface area contributed by atoms with Crippen molar-refractivity contribution in [2.24, 2.45) is 0 Å². The highest BCUT2D eigenvalue weighted by Gasteiger charge is 2.18. The van der Waals surface area contributed by atoms with E-state index < -0.39 is 0 Å². The standard InChI is InChI=1S/C15H24ClNO/c1-5-10-17-14(11-18-15(2,3)4)12-8-6-7-9-13(12)16/h6-9,14,17H,5,10-11H2,1-4H3. The molecule has 3 heteroatoms. The maximum Gasteiger partial charge on any atom is 0.0669 e. The molecule has 0 aliphatic heterocycles. The molecule has 2 nitrogen and oxygen atoms in total. The Hall–Kier alpha value is -0.570. The number of rotatable bonds is 6. The Morgan fingerprint density at radius 1 is 1.28 bits per heavy atom. The van der Waals surface area contributed by atoms with Crippen molar-refractivity contribution in [2.45, 2.75) is 45.8 Å². The normalized spacial score (nSPS) is 13.6. The minimum absolute atomic E-state index is 0.132. The van der Waals surface area contributed by atoms with Gasteiger partial charge in [0, 0.05) is 5.02 Å². The van der Waals surface area contributed by atoms with Gasteiger partial charge in [-0.05, 0) is 45.4 Å². The van der Waals surface area contributed by atoms with Crippen LogP contribution < -0.4 is 5.32 Å². The van der Waals surface area contributed by atoms with Crippen LogP contribution in [0.3, 0.4) is 0 Å². The van der Waals surface area contributed by atoms with E-state index in [0.717, 1.165) is 23.6 Å². The summed E-state index contributed by atoms with van der Waals surface area (Å²) in [6.45, 7) is 9.95. The molecule has 1 atom stereocenters. The molecule has 0 aromatic heterocycles. The first-order valence-corrected chi connectivity index (χ1v) is 6.93. The minimum atomic E-state index is -0.132. The molecule has 0 aliphatic carbocycles. The molecule has 18 heavy (non-hydrogen) atoms. The summed E-state index contributed by atoms with van der Waals surface area (Å²) >= 11 is 6.25. The second-order valence-corrected chi connectivity index (χ2v) is 5.86. The zero-order valence-electron chi connectivity index (χ0n) is 11.8. The summed E-state index contributed by atoms with van der Waals surface area (Å²) < 4.78 is 5.88. The highest BCUT2D eigenvalue weighted by Crippen LogP contribution is 2.24. The molecule has 0 saturated carbocycles. The van der Waals surface area contributed by atoms with Gasteiger partial charge in [-0.2, -0.15) is 0 Å². The fourth-order valence-electron chi connectivity index (χ4n) is 1.67. The zero-order valence-corrected chi connectivity index (χ0v) is 12.6. The van der Waals surface area contributed by atoms with Crippen molar-refractivity contribution in [3.8, 4) is 0 Å². The summed E-state index contributed by atoms with van der Waals surface area (Å²) in [5.41, 5.74) is 0.977. The highest BCUT2D eigenvalue weighted by atomic mass is 35.5. The molecule has 0 amide bonds. The molecule has 0 radical (unpaired) electrons. The first kappa shape index (κ1) is 15.5. The van der Waals surface area contributed by atoms with Gasteiger partial charge in [0.25, 0.3) is 0 Å². The molecule has 102 valence electrons. The van der Waals surface area contributed by atoms with Gasteiger partial charge >= 0.3 is 0 Å². The molecule has 1 rings (SSSR count). The van der Waals surface area contributed by atoms with Crippen molar-refractivity contribution in [3.05, 3.63) is 34.9 Å². The molecule has 0 heterocycles. The lowest BCUT2D eigenvalue weighted by atomic mass is 10.1. The molecule has 0 aliphatic rings. The molecular formula is C15H24ClNO. The maximum atomic E-state index is 6.25. The van der Waals surface area contributed by atoms with Gasteiger partial charge < -0.3 is 10.1 Å². The van der Waals surface area contributed by atoms with Crippen molar-refractivity contribution in [3.63, 3.8) is 0 Å². The van der Waals surface area contributed by atoms with E-state index in [-0.39, 0.29) is 11.6 Å². The first-order valence-electron chi connectivity index (χ1n) is 6.56. The van der Waals surface area contributed by atoms with E-state index in [9.17, 15) is 0 Å². The molecule has 1 aromatic carbocycles. The van der Waals surface area contributed by atoms with Gasteiger partial charge in [0.05, 0.1) is 18.2 Å². The Morgan fingerprint density at radius 3 is 2.50 bits per heavy atom. The Balaban J connectivity index is 2.75. The van der Waals surface area contributed by atoms with E-state index in [2.05, 4.69) is 39.1 Å². The monoisotopic (exact) mass is 269 g/mol. The summed E-state index contributed by atoms with van der Waals surface area (Å²) in [6.07, 6.45) is 1.09. The van der Waals surface area contributed by atoms with Crippen LogP contribution in [0, 0.1) is 0 Å². The zero-order chi connectivity index (χ0) is 13.6. The quantitative estimate of drug-likeness (QED) is 0.836. The highest BCUT2D eigenvalue weighted by molar-refractivity contribution is 6.31. The maximum absolute atomic E-state index is 6.25. The molecule has 1 aromatic rings. The average Bonchev–Trinajstić information content (AvgIpc) is 2.29. The number of benzene rings is 1. The predicted molar refractivity (Wildman–Crippen MR) is 78.2 cm³/mol. The Kier molecular flexibility index (Phi) is 6.13. The van der Waals surface area contributed by atoms with Crippen LogP contribution in [0.4, 0.5) is 0 Å². The van der Waals surface area contributed by atoms with E-state index >= 15 is 0 Å². The molecule has 0 bridgehead atoms. The van der Waals surface area contributed by atoms with Crippen LogP contribution in [-0.4, -0.2) is 18.8 Å². The van der Waals surface area contributed by atoms with E-state index in [4.69, 9.17) is 16.3 Å². The van der Waals surface area contributed by atoms with Crippen molar-refractivity contribution < 1.29 is 4.74 Å². The van der Waals surface area contributed by atoms with Crippen molar-refractivity contribution in [1.29, 1.82) is 0 Å². The molecular weight excluding hydrogens is 246 g/mol. The lowest BCUT2D eigenvalue weighted by molar-refractivity contribution is -0.0147. The van der Waals surface area contributed by atoms with Crippen molar-refractivity contribution >= 4 is 11.6 Å². The van der Waals surface area contributed by atoms with Crippen LogP contribution in [0.5, 0.6) is 0 Å².